The maximum absolute atomic E-state index is 13.1. The number of hydrogen-bond acceptors (Lipinski definition) is 15. The highest BCUT2D eigenvalue weighted by Gasteiger charge is 2.30. The lowest BCUT2D eigenvalue weighted by atomic mass is 10.1. The summed E-state index contributed by atoms with van der Waals surface area (Å²) in [6, 6.07) is 0. The summed E-state index contributed by atoms with van der Waals surface area (Å²) in [5.41, 5.74) is 0. The second kappa shape index (κ2) is 77.6. The lowest BCUT2D eigenvalue weighted by molar-refractivity contribution is -0.161. The number of carbonyl (C=O) groups excluding carboxylic acids is 4. The SMILES string of the molecule is CCC=CCC=CCC=CCC=CCC=CCC=CCCC(=O)O[C@H](COC(=O)CCCC=CCC=CCC=CCC=CCCCCC)COP(=O)(O)OCC(O)COP(=O)(O)OC[C@@H](COC(=O)CCCCCCCC=CCC=CCCCCC)OC(=O)CCCCCCCC=CCC=CCCCCC. The van der Waals surface area contributed by atoms with Crippen molar-refractivity contribution in [3.05, 3.63) is 170 Å². The minimum atomic E-state index is -5.02. The highest BCUT2D eigenvalue weighted by molar-refractivity contribution is 7.47. The van der Waals surface area contributed by atoms with Gasteiger partial charge in [-0.05, 0) is 167 Å². The number of phosphoric ester groups is 2. The van der Waals surface area contributed by atoms with E-state index in [1.807, 2.05) is 30.4 Å². The molecule has 0 aromatic rings. The summed E-state index contributed by atoms with van der Waals surface area (Å²) in [6.45, 7) is 4.49. The summed E-state index contributed by atoms with van der Waals surface area (Å²) in [5.74, 6) is -2.38. The summed E-state index contributed by atoms with van der Waals surface area (Å²) >= 11 is 0. The molecule has 19 heteroatoms. The van der Waals surface area contributed by atoms with Crippen LogP contribution >= 0.6 is 15.6 Å². The van der Waals surface area contributed by atoms with Crippen LogP contribution in [0.4, 0.5) is 0 Å². The Morgan fingerprint density at radius 2 is 0.519 bits per heavy atom. The van der Waals surface area contributed by atoms with Gasteiger partial charge in [-0.2, -0.15) is 0 Å². The molecule has 0 aromatic carbocycles. The van der Waals surface area contributed by atoms with Gasteiger partial charge >= 0.3 is 39.5 Å². The van der Waals surface area contributed by atoms with E-state index in [0.717, 1.165) is 148 Å². The summed E-state index contributed by atoms with van der Waals surface area (Å²) in [6.07, 6.45) is 92.1. The van der Waals surface area contributed by atoms with Gasteiger partial charge in [-0.15, -0.1) is 0 Å². The van der Waals surface area contributed by atoms with Gasteiger partial charge in [0.2, 0.25) is 0 Å². The van der Waals surface area contributed by atoms with Crippen molar-refractivity contribution in [2.75, 3.05) is 39.6 Å². The van der Waals surface area contributed by atoms with Crippen LogP contribution in [0.2, 0.25) is 0 Å². The number of aliphatic hydroxyl groups excluding tert-OH is 1. The minimum absolute atomic E-state index is 0.0486. The molecule has 0 saturated heterocycles. The molecule has 0 heterocycles. The molecule has 0 aromatic heterocycles. The van der Waals surface area contributed by atoms with Crippen LogP contribution in [-0.2, 0) is 65.4 Å². The number of carbonyl (C=O) groups is 4. The minimum Gasteiger partial charge on any atom is -0.462 e. The van der Waals surface area contributed by atoms with Crippen LogP contribution in [0.3, 0.4) is 0 Å². The van der Waals surface area contributed by atoms with Crippen molar-refractivity contribution in [3.63, 3.8) is 0 Å². The standard InChI is InChI=1S/C87H142O17P2/c1-5-9-13-17-21-25-29-33-37-39-40-42-46-50-54-58-62-66-70-74-87(92)104-83(78-98-85(90)72-68-64-60-56-52-48-45-41-38-34-30-26-22-18-14-10-6-2)80-102-106(95,96)100-76-81(88)75-99-105(93,94)101-79-82(103-86(91)73-69-65-61-57-53-49-44-36-32-28-24-20-16-12-8-4)77-97-84(89)71-67-63-59-55-51-47-43-35-31-27-23-19-15-11-7-3/h9,13,21-28,33-38,40,42-45,48,50,54,56,60,62,66,81-83,88H,5-8,10-12,14-20,29-32,39,41,46-47,49,51-53,55,57-59,61,63-65,67-80H2,1-4H3,(H,93,94)(H,95,96)/t81?,82-,83-/m1/s1. The molecule has 106 heavy (non-hydrogen) atoms. The van der Waals surface area contributed by atoms with Crippen LogP contribution in [0, 0.1) is 0 Å². The first-order valence-electron chi connectivity index (χ1n) is 40.4. The first kappa shape index (κ1) is 100. The number of hydrogen-bond donors (Lipinski definition) is 3. The average molecular weight is 1520 g/mol. The van der Waals surface area contributed by atoms with E-state index >= 15 is 0 Å². The van der Waals surface area contributed by atoms with E-state index in [4.69, 9.17) is 37.0 Å². The van der Waals surface area contributed by atoms with Crippen molar-refractivity contribution in [1.29, 1.82) is 0 Å². The highest BCUT2D eigenvalue weighted by Crippen LogP contribution is 2.45. The molecule has 0 saturated carbocycles. The third-order valence-electron chi connectivity index (χ3n) is 16.1. The number of esters is 4. The first-order valence-corrected chi connectivity index (χ1v) is 43.4. The Kier molecular flexibility index (Phi) is 73.5. The zero-order valence-electron chi connectivity index (χ0n) is 65.8. The molecule has 0 fully saturated rings. The van der Waals surface area contributed by atoms with Gasteiger partial charge in [0.25, 0.3) is 0 Å². The lowest BCUT2D eigenvalue weighted by Crippen LogP contribution is -2.30. The Morgan fingerprint density at radius 3 is 0.849 bits per heavy atom. The number of allylic oxidation sites excluding steroid dienone is 28. The van der Waals surface area contributed by atoms with E-state index in [-0.39, 0.29) is 25.7 Å². The summed E-state index contributed by atoms with van der Waals surface area (Å²) < 4.78 is 68.5. The summed E-state index contributed by atoms with van der Waals surface area (Å²) in [7, 11) is -10.0. The number of aliphatic hydroxyl groups is 1. The van der Waals surface area contributed by atoms with E-state index < -0.39 is 97.5 Å². The van der Waals surface area contributed by atoms with E-state index in [1.165, 1.54) is 57.8 Å². The Morgan fingerprint density at radius 1 is 0.274 bits per heavy atom. The van der Waals surface area contributed by atoms with Gasteiger partial charge in [0.1, 0.15) is 19.3 Å². The molecule has 0 spiro atoms. The van der Waals surface area contributed by atoms with Gasteiger partial charge in [-0.1, -0.05) is 275 Å². The Bertz CT molecular complexity index is 2680. The molecule has 17 nitrogen and oxygen atoms in total. The topological polar surface area (TPSA) is 237 Å². The number of phosphoric acid groups is 2. The van der Waals surface area contributed by atoms with Gasteiger partial charge in [0, 0.05) is 25.7 Å². The molecule has 5 atom stereocenters. The molecule has 0 aliphatic rings. The van der Waals surface area contributed by atoms with Crippen LogP contribution < -0.4 is 0 Å². The average Bonchev–Trinajstić information content (AvgIpc) is 0.902. The van der Waals surface area contributed by atoms with Gasteiger partial charge in [0.05, 0.1) is 26.4 Å². The molecule has 0 aliphatic carbocycles. The monoisotopic (exact) mass is 1520 g/mol. The van der Waals surface area contributed by atoms with E-state index in [0.29, 0.717) is 38.5 Å². The number of unbranched alkanes of at least 4 members (excludes halogenated alkanes) is 20. The van der Waals surface area contributed by atoms with Gasteiger partial charge in [-0.25, -0.2) is 9.13 Å². The molecule has 3 unspecified atom stereocenters. The molecular formula is C87H142O17P2. The predicted octanol–water partition coefficient (Wildman–Crippen LogP) is 23.8. The zero-order valence-corrected chi connectivity index (χ0v) is 67.6. The normalized spacial score (nSPS) is 14.7. The maximum atomic E-state index is 13.1. The zero-order chi connectivity index (χ0) is 77.4. The fourth-order valence-corrected chi connectivity index (χ4v) is 11.6. The van der Waals surface area contributed by atoms with Crippen LogP contribution in [0.15, 0.2) is 170 Å². The van der Waals surface area contributed by atoms with E-state index in [1.54, 1.807) is 0 Å². The number of rotatable bonds is 74. The highest BCUT2D eigenvalue weighted by atomic mass is 31.2. The predicted molar refractivity (Wildman–Crippen MR) is 436 cm³/mol. The lowest BCUT2D eigenvalue weighted by Gasteiger charge is -2.21. The summed E-state index contributed by atoms with van der Waals surface area (Å²) in [4.78, 5) is 73.0. The molecule has 3 N–H and O–H groups in total. The fraction of sp³-hybridized carbons (Fsp3) is 0.632. The van der Waals surface area contributed by atoms with E-state index in [9.17, 15) is 43.2 Å². The fourth-order valence-electron chi connectivity index (χ4n) is 10.0. The molecule has 0 aliphatic heterocycles. The first-order chi connectivity index (χ1) is 51.7. The second-order valence-electron chi connectivity index (χ2n) is 26.3. The Labute approximate surface area is 642 Å². The molecular weight excluding hydrogens is 1380 g/mol. The van der Waals surface area contributed by atoms with Gasteiger partial charge in [0.15, 0.2) is 12.2 Å². The summed E-state index contributed by atoms with van der Waals surface area (Å²) in [5, 5.41) is 10.6. The smallest absolute Gasteiger partial charge is 0.462 e. The molecule has 0 radical (unpaired) electrons. The van der Waals surface area contributed by atoms with Crippen LogP contribution in [0.25, 0.3) is 0 Å². The van der Waals surface area contributed by atoms with Crippen molar-refractivity contribution < 1.29 is 80.2 Å². The Hall–Kier alpha value is -5.58. The van der Waals surface area contributed by atoms with Crippen molar-refractivity contribution in [2.24, 2.45) is 0 Å². The van der Waals surface area contributed by atoms with Crippen molar-refractivity contribution in [1.82, 2.24) is 0 Å². The van der Waals surface area contributed by atoms with E-state index in [2.05, 4.69) is 167 Å². The van der Waals surface area contributed by atoms with Crippen molar-refractivity contribution in [2.45, 2.75) is 316 Å². The van der Waals surface area contributed by atoms with Crippen LogP contribution in [0.5, 0.6) is 0 Å². The Balaban J connectivity index is 5.53. The molecule has 0 amide bonds. The number of ether oxygens (including phenoxy) is 4. The second-order valence-corrected chi connectivity index (χ2v) is 29.2. The van der Waals surface area contributed by atoms with Crippen LogP contribution in [0.1, 0.15) is 297 Å². The van der Waals surface area contributed by atoms with Gasteiger partial charge in [-0.3, -0.25) is 37.3 Å². The van der Waals surface area contributed by atoms with Gasteiger partial charge < -0.3 is 33.8 Å². The molecule has 0 bridgehead atoms. The molecule has 602 valence electrons. The third kappa shape index (κ3) is 76.6. The quantitative estimate of drug-likeness (QED) is 0.0169. The van der Waals surface area contributed by atoms with Crippen molar-refractivity contribution >= 4 is 39.5 Å². The molecule has 0 rings (SSSR count). The van der Waals surface area contributed by atoms with Crippen LogP contribution in [-0.4, -0.2) is 96.7 Å². The van der Waals surface area contributed by atoms with Crippen molar-refractivity contribution in [3.8, 4) is 0 Å². The largest absolute Gasteiger partial charge is 0.472 e. The maximum Gasteiger partial charge on any atom is 0.472 e. The third-order valence-corrected chi connectivity index (χ3v) is 18.0.